The zero-order valence-corrected chi connectivity index (χ0v) is 9.71. The molecule has 1 aliphatic heterocycles. The molecule has 15 heavy (non-hydrogen) atoms. The number of nitrogens with zero attached hydrogens (tertiary/aromatic N) is 1. The average molecular weight is 218 g/mol. The summed E-state index contributed by atoms with van der Waals surface area (Å²) in [5.74, 6) is 0.388. The predicted octanol–water partition coefficient (Wildman–Crippen LogP) is 2.71. The van der Waals surface area contributed by atoms with E-state index in [0.29, 0.717) is 11.0 Å². The van der Waals surface area contributed by atoms with Gasteiger partial charge in [0.1, 0.15) is 0 Å². The second kappa shape index (κ2) is 4.11. The maximum atomic E-state index is 5.11. The molecule has 0 saturated heterocycles. The van der Waals surface area contributed by atoms with Gasteiger partial charge in [0.25, 0.3) is 0 Å². The number of nitrogens with one attached hydrogen (secondary N) is 1. The number of thiocarbonyl (C=S) groups is 1. The molecule has 78 valence electrons. The van der Waals surface area contributed by atoms with Gasteiger partial charge in [-0.2, -0.15) is 0 Å². The first-order valence-corrected chi connectivity index (χ1v) is 5.50. The third kappa shape index (κ3) is 2.07. The summed E-state index contributed by atoms with van der Waals surface area (Å²) >= 11 is 5.11. The molecule has 0 bridgehead atoms. The number of hydrogen-bond acceptors (Lipinski definition) is 1. The minimum absolute atomic E-state index is 0.260. The largest absolute Gasteiger partial charge is 0.353 e. The van der Waals surface area contributed by atoms with Gasteiger partial charge in [-0.25, -0.2) is 4.99 Å². The van der Waals surface area contributed by atoms with E-state index in [1.54, 1.807) is 0 Å². The fourth-order valence-corrected chi connectivity index (χ4v) is 2.10. The summed E-state index contributed by atoms with van der Waals surface area (Å²) in [6.45, 7) is 4.21. The molecule has 3 heteroatoms. The molecule has 0 spiro atoms. The van der Waals surface area contributed by atoms with Crippen LogP contribution in [0.25, 0.3) is 0 Å². The van der Waals surface area contributed by atoms with Crippen molar-refractivity contribution in [3.05, 3.63) is 35.9 Å². The summed E-state index contributed by atoms with van der Waals surface area (Å²) in [6.07, 6.45) is 0. The lowest BCUT2D eigenvalue weighted by Gasteiger charge is -2.29. The summed E-state index contributed by atoms with van der Waals surface area (Å²) in [5.41, 5.74) is 2.37. The van der Waals surface area contributed by atoms with Crippen LogP contribution in [0.5, 0.6) is 0 Å². The third-order valence-electron chi connectivity index (χ3n) is 2.87. The molecule has 0 aliphatic carbocycles. The normalized spacial score (nSPS) is 25.7. The number of rotatable bonds is 1. The van der Waals surface area contributed by atoms with Gasteiger partial charge < -0.3 is 5.32 Å². The summed E-state index contributed by atoms with van der Waals surface area (Å²) in [4.78, 5) is 4.28. The Morgan fingerprint density at radius 3 is 2.60 bits per heavy atom. The van der Waals surface area contributed by atoms with Crippen molar-refractivity contribution in [1.82, 2.24) is 5.32 Å². The zero-order chi connectivity index (χ0) is 10.8. The van der Waals surface area contributed by atoms with Crippen LogP contribution in [0.3, 0.4) is 0 Å². The molecule has 1 heterocycles. The fourth-order valence-electron chi connectivity index (χ4n) is 1.83. The quantitative estimate of drug-likeness (QED) is 0.733. The van der Waals surface area contributed by atoms with E-state index >= 15 is 0 Å². The highest BCUT2D eigenvalue weighted by Gasteiger charge is 2.25. The molecule has 1 aliphatic rings. The molecule has 0 radical (unpaired) electrons. The molecule has 1 aromatic rings. The molecule has 0 fully saturated rings. The van der Waals surface area contributed by atoms with Gasteiger partial charge in [-0.05, 0) is 24.7 Å². The summed E-state index contributed by atoms with van der Waals surface area (Å²) in [7, 11) is 0. The topological polar surface area (TPSA) is 24.4 Å². The van der Waals surface area contributed by atoms with Crippen LogP contribution in [0.1, 0.15) is 25.5 Å². The fraction of sp³-hybridized carbons (Fsp3) is 0.333. The third-order valence-corrected chi connectivity index (χ3v) is 3.08. The first-order chi connectivity index (χ1) is 7.18. The SMILES string of the molecule is CC1=NC(=S)NC(c2ccccc2)C1C. The first-order valence-electron chi connectivity index (χ1n) is 5.09. The van der Waals surface area contributed by atoms with Crippen LogP contribution in [0.4, 0.5) is 0 Å². The molecular weight excluding hydrogens is 204 g/mol. The highest BCUT2D eigenvalue weighted by Crippen LogP contribution is 2.25. The predicted molar refractivity (Wildman–Crippen MR) is 67.2 cm³/mol. The molecule has 0 saturated carbocycles. The van der Waals surface area contributed by atoms with Gasteiger partial charge in [-0.15, -0.1) is 0 Å². The summed E-state index contributed by atoms with van der Waals surface area (Å²) < 4.78 is 0. The van der Waals surface area contributed by atoms with Crippen molar-refractivity contribution < 1.29 is 0 Å². The van der Waals surface area contributed by atoms with Gasteiger partial charge in [0, 0.05) is 11.6 Å². The van der Waals surface area contributed by atoms with Crippen molar-refractivity contribution in [3.8, 4) is 0 Å². The lowest BCUT2D eigenvalue weighted by atomic mass is 9.90. The van der Waals surface area contributed by atoms with E-state index in [2.05, 4.69) is 29.4 Å². The van der Waals surface area contributed by atoms with Gasteiger partial charge in [-0.1, -0.05) is 37.3 Å². The molecule has 1 N–H and O–H groups in total. The minimum Gasteiger partial charge on any atom is -0.353 e. The van der Waals surface area contributed by atoms with Gasteiger partial charge in [0.05, 0.1) is 6.04 Å². The Morgan fingerprint density at radius 2 is 1.93 bits per heavy atom. The highest BCUT2D eigenvalue weighted by molar-refractivity contribution is 7.80. The second-order valence-electron chi connectivity index (χ2n) is 3.88. The first kappa shape index (κ1) is 10.3. The standard InChI is InChI=1S/C12H14N2S/c1-8-9(2)13-12(15)14-11(8)10-6-4-3-5-7-10/h3-8,11H,1-2H3,(H,14,15). The Hall–Kier alpha value is -1.22. The van der Waals surface area contributed by atoms with E-state index in [4.69, 9.17) is 12.2 Å². The lowest BCUT2D eigenvalue weighted by molar-refractivity contribution is 0.530. The molecular formula is C12H14N2S. The average Bonchev–Trinajstić information content (AvgIpc) is 2.24. The van der Waals surface area contributed by atoms with Gasteiger partial charge in [-0.3, -0.25) is 0 Å². The van der Waals surface area contributed by atoms with Crippen LogP contribution in [-0.4, -0.2) is 10.8 Å². The minimum atomic E-state index is 0.260. The van der Waals surface area contributed by atoms with E-state index in [1.165, 1.54) is 5.56 Å². The monoisotopic (exact) mass is 218 g/mol. The van der Waals surface area contributed by atoms with Crippen molar-refractivity contribution >= 4 is 23.0 Å². The van der Waals surface area contributed by atoms with Gasteiger partial charge in [0.2, 0.25) is 0 Å². The highest BCUT2D eigenvalue weighted by atomic mass is 32.1. The maximum absolute atomic E-state index is 5.11. The van der Waals surface area contributed by atoms with Crippen molar-refractivity contribution in [3.63, 3.8) is 0 Å². The van der Waals surface area contributed by atoms with Crippen molar-refractivity contribution in [2.24, 2.45) is 10.9 Å². The lowest BCUT2D eigenvalue weighted by Crippen LogP contribution is -2.38. The number of aliphatic imine (C=N–C) groups is 1. The van der Waals surface area contributed by atoms with Crippen LogP contribution in [0.15, 0.2) is 35.3 Å². The second-order valence-corrected chi connectivity index (χ2v) is 4.27. The van der Waals surface area contributed by atoms with Crippen LogP contribution >= 0.6 is 12.2 Å². The van der Waals surface area contributed by atoms with Gasteiger partial charge >= 0.3 is 0 Å². The van der Waals surface area contributed by atoms with E-state index in [-0.39, 0.29) is 6.04 Å². The Morgan fingerprint density at radius 1 is 1.27 bits per heavy atom. The van der Waals surface area contributed by atoms with E-state index in [0.717, 1.165) is 5.71 Å². The van der Waals surface area contributed by atoms with E-state index < -0.39 is 0 Å². The number of benzene rings is 1. The summed E-state index contributed by atoms with van der Waals surface area (Å²) in [5, 5.41) is 3.85. The van der Waals surface area contributed by atoms with Crippen molar-refractivity contribution in [2.75, 3.05) is 0 Å². The smallest absolute Gasteiger partial charge is 0.193 e. The maximum Gasteiger partial charge on any atom is 0.193 e. The summed E-state index contributed by atoms with van der Waals surface area (Å²) in [6, 6.07) is 10.6. The Bertz CT molecular complexity index is 397. The Balaban J connectivity index is 2.32. The molecule has 2 nitrogen and oxygen atoms in total. The molecule has 1 aromatic carbocycles. The van der Waals surface area contributed by atoms with Crippen molar-refractivity contribution in [2.45, 2.75) is 19.9 Å². The molecule has 0 amide bonds. The van der Waals surface area contributed by atoms with Crippen LogP contribution in [-0.2, 0) is 0 Å². The molecule has 2 unspecified atom stereocenters. The molecule has 2 rings (SSSR count). The Kier molecular flexibility index (Phi) is 2.82. The van der Waals surface area contributed by atoms with Gasteiger partial charge in [0.15, 0.2) is 5.11 Å². The zero-order valence-electron chi connectivity index (χ0n) is 8.90. The van der Waals surface area contributed by atoms with Crippen molar-refractivity contribution in [1.29, 1.82) is 0 Å². The van der Waals surface area contributed by atoms with Crippen LogP contribution < -0.4 is 5.32 Å². The molecule has 0 aromatic heterocycles. The van der Waals surface area contributed by atoms with E-state index in [1.807, 2.05) is 25.1 Å². The van der Waals surface area contributed by atoms with Crippen LogP contribution in [0.2, 0.25) is 0 Å². The van der Waals surface area contributed by atoms with E-state index in [9.17, 15) is 0 Å². The van der Waals surface area contributed by atoms with Crippen LogP contribution in [0, 0.1) is 5.92 Å². The molecule has 2 atom stereocenters. The Labute approximate surface area is 95.4 Å². The number of hydrogen-bond donors (Lipinski definition) is 1.